The molecule has 1 heterocycles. The van der Waals surface area contributed by atoms with Gasteiger partial charge in [-0.1, -0.05) is 0 Å². The predicted molar refractivity (Wildman–Crippen MR) is 45.9 cm³/mol. The largest absolute Gasteiger partial charge is 0.248 e. The molecular weight excluding hydrogens is 136 g/mol. The van der Waals surface area contributed by atoms with Crippen LogP contribution >= 0.6 is 0 Å². The van der Waals surface area contributed by atoms with E-state index in [1.54, 1.807) is 0 Å². The van der Waals surface area contributed by atoms with Crippen molar-refractivity contribution in [2.24, 2.45) is 0 Å². The van der Waals surface area contributed by atoms with E-state index < -0.39 is 0 Å². The smallest absolute Gasteiger partial charge is 0.0960 e. The van der Waals surface area contributed by atoms with Gasteiger partial charge >= 0.3 is 0 Å². The third kappa shape index (κ3) is 1.94. The monoisotopic (exact) mass is 155 g/mol. The number of likely N-dealkylation sites (tertiary alicyclic amines) is 1. The minimum absolute atomic E-state index is 0.859. The number of nitrogens with one attached hydrogen (secondary N) is 1. The zero-order chi connectivity index (χ0) is 7.73. The lowest BCUT2D eigenvalue weighted by atomic mass is 10.1. The zero-order valence-corrected chi connectivity index (χ0v) is 7.47. The van der Waals surface area contributed by atoms with Crippen LogP contribution in [0.1, 0.15) is 32.1 Å². The van der Waals surface area contributed by atoms with E-state index in [0.717, 1.165) is 10.6 Å². The van der Waals surface area contributed by atoms with E-state index in [1.165, 1.54) is 45.2 Å². The maximum atomic E-state index is 3.71. The highest BCUT2D eigenvalue weighted by Gasteiger charge is 2.33. The Morgan fingerprint density at radius 3 is 2.27 bits per heavy atom. The third-order valence-electron chi connectivity index (χ3n) is 2.87. The Kier molecular flexibility index (Phi) is 1.90. The summed E-state index contributed by atoms with van der Waals surface area (Å²) < 4.78 is 1.14. The maximum Gasteiger partial charge on any atom is 0.0960 e. The first-order chi connectivity index (χ1) is 5.29. The SMILES string of the molecule is C[N+]1(NC2CC2)CCCCC1. The molecule has 0 spiro atoms. The lowest BCUT2D eigenvalue weighted by Gasteiger charge is -2.37. The molecule has 0 unspecified atom stereocenters. The van der Waals surface area contributed by atoms with Gasteiger partial charge in [0, 0.05) is 0 Å². The fourth-order valence-electron chi connectivity index (χ4n) is 1.99. The quantitative estimate of drug-likeness (QED) is 0.592. The summed E-state index contributed by atoms with van der Waals surface area (Å²) in [5.41, 5.74) is 3.71. The van der Waals surface area contributed by atoms with Crippen LogP contribution in [0.3, 0.4) is 0 Å². The molecule has 2 aliphatic rings. The van der Waals surface area contributed by atoms with Gasteiger partial charge in [0.2, 0.25) is 0 Å². The fourth-order valence-corrected chi connectivity index (χ4v) is 1.99. The van der Waals surface area contributed by atoms with Gasteiger partial charge in [-0.15, -0.1) is 0 Å². The van der Waals surface area contributed by atoms with Crippen LogP contribution in [0.5, 0.6) is 0 Å². The van der Waals surface area contributed by atoms with Crippen LogP contribution in [0.2, 0.25) is 0 Å². The van der Waals surface area contributed by atoms with Gasteiger partial charge in [0.25, 0.3) is 0 Å². The van der Waals surface area contributed by atoms with E-state index in [-0.39, 0.29) is 0 Å². The molecule has 64 valence electrons. The van der Waals surface area contributed by atoms with Crippen molar-refractivity contribution >= 4 is 0 Å². The Balaban J connectivity index is 1.84. The molecule has 0 aromatic carbocycles. The van der Waals surface area contributed by atoms with Gasteiger partial charge in [-0.3, -0.25) is 0 Å². The Hall–Kier alpha value is -0.0800. The van der Waals surface area contributed by atoms with Crippen LogP contribution in [0, 0.1) is 0 Å². The topological polar surface area (TPSA) is 12.0 Å². The van der Waals surface area contributed by atoms with Crippen molar-refractivity contribution in [3.05, 3.63) is 0 Å². The van der Waals surface area contributed by atoms with Crippen LogP contribution < -0.4 is 5.43 Å². The summed E-state index contributed by atoms with van der Waals surface area (Å²) in [7, 11) is 2.34. The second-order valence-electron chi connectivity index (χ2n) is 4.31. The van der Waals surface area contributed by atoms with Crippen LogP contribution in [0.25, 0.3) is 0 Å². The fraction of sp³-hybridized carbons (Fsp3) is 1.00. The first kappa shape index (κ1) is 7.56. The first-order valence-electron chi connectivity index (χ1n) is 4.91. The van der Waals surface area contributed by atoms with Gasteiger partial charge in [-0.2, -0.15) is 5.43 Å². The highest BCUT2D eigenvalue weighted by atomic mass is 15.7. The number of piperidine rings is 1. The number of rotatable bonds is 2. The van der Waals surface area contributed by atoms with Gasteiger partial charge in [0.15, 0.2) is 0 Å². The van der Waals surface area contributed by atoms with Crippen molar-refractivity contribution in [3.8, 4) is 0 Å². The van der Waals surface area contributed by atoms with E-state index in [1.807, 2.05) is 0 Å². The third-order valence-corrected chi connectivity index (χ3v) is 2.87. The first-order valence-corrected chi connectivity index (χ1v) is 4.91. The molecule has 0 bridgehead atoms. The standard InChI is InChI=1S/C9H19N2/c1-11(10-9-5-6-9)7-3-2-4-8-11/h9-10H,2-8H2,1H3/q+1. The van der Waals surface area contributed by atoms with E-state index in [4.69, 9.17) is 0 Å². The Labute approximate surface area is 69.1 Å². The van der Waals surface area contributed by atoms with Crippen molar-refractivity contribution < 1.29 is 4.59 Å². The van der Waals surface area contributed by atoms with Crippen LogP contribution in [0.4, 0.5) is 0 Å². The molecule has 2 rings (SSSR count). The van der Waals surface area contributed by atoms with Gasteiger partial charge in [0.05, 0.1) is 26.2 Å². The minimum Gasteiger partial charge on any atom is -0.248 e. The number of nitrogens with zero attached hydrogens (tertiary/aromatic N) is 1. The molecule has 1 aliphatic heterocycles. The summed E-state index contributed by atoms with van der Waals surface area (Å²) in [6.45, 7) is 2.69. The molecule has 1 aliphatic carbocycles. The highest BCUT2D eigenvalue weighted by Crippen LogP contribution is 2.23. The minimum atomic E-state index is 0.859. The molecule has 1 saturated carbocycles. The van der Waals surface area contributed by atoms with E-state index >= 15 is 0 Å². The molecule has 2 heteroatoms. The molecular formula is C9H19N2+. The second-order valence-corrected chi connectivity index (χ2v) is 4.31. The van der Waals surface area contributed by atoms with Gasteiger partial charge in [-0.25, -0.2) is 4.59 Å². The molecule has 0 radical (unpaired) electrons. The number of hydrogen-bond acceptors (Lipinski definition) is 1. The second kappa shape index (κ2) is 2.76. The summed E-state index contributed by atoms with van der Waals surface area (Å²) in [5, 5.41) is 0. The number of hydrogen-bond donors (Lipinski definition) is 1. The highest BCUT2D eigenvalue weighted by molar-refractivity contribution is 4.77. The van der Waals surface area contributed by atoms with Crippen molar-refractivity contribution in [1.82, 2.24) is 5.43 Å². The Morgan fingerprint density at radius 2 is 1.73 bits per heavy atom. The molecule has 2 fully saturated rings. The van der Waals surface area contributed by atoms with Crippen molar-refractivity contribution in [1.29, 1.82) is 0 Å². The molecule has 11 heavy (non-hydrogen) atoms. The summed E-state index contributed by atoms with van der Waals surface area (Å²) in [4.78, 5) is 0. The Bertz CT molecular complexity index is 134. The maximum absolute atomic E-state index is 3.71. The predicted octanol–water partition coefficient (Wildman–Crippen LogP) is 1.28. The van der Waals surface area contributed by atoms with Gasteiger partial charge in [-0.05, 0) is 32.1 Å². The summed E-state index contributed by atoms with van der Waals surface area (Å²) in [6, 6.07) is 0.859. The molecule has 2 nitrogen and oxygen atoms in total. The van der Waals surface area contributed by atoms with E-state index in [2.05, 4.69) is 12.5 Å². The average molecular weight is 155 g/mol. The summed E-state index contributed by atoms with van der Waals surface area (Å²) >= 11 is 0. The van der Waals surface area contributed by atoms with E-state index in [0.29, 0.717) is 0 Å². The van der Waals surface area contributed by atoms with Crippen molar-refractivity contribution in [2.75, 3.05) is 20.1 Å². The number of quaternary nitrogens is 1. The molecule has 0 atom stereocenters. The summed E-state index contributed by atoms with van der Waals surface area (Å²) in [6.07, 6.45) is 7.09. The zero-order valence-electron chi connectivity index (χ0n) is 7.47. The molecule has 0 aromatic heterocycles. The molecule has 0 amide bonds. The molecule has 1 N–H and O–H groups in total. The van der Waals surface area contributed by atoms with Gasteiger partial charge < -0.3 is 0 Å². The van der Waals surface area contributed by atoms with Crippen LogP contribution in [-0.2, 0) is 0 Å². The molecule has 0 aromatic rings. The lowest BCUT2D eigenvalue weighted by molar-refractivity contribution is -0.957. The Morgan fingerprint density at radius 1 is 1.09 bits per heavy atom. The van der Waals surface area contributed by atoms with Crippen molar-refractivity contribution in [3.63, 3.8) is 0 Å². The van der Waals surface area contributed by atoms with Crippen molar-refractivity contribution in [2.45, 2.75) is 38.1 Å². The lowest BCUT2D eigenvalue weighted by Crippen LogP contribution is -2.58. The van der Waals surface area contributed by atoms with Crippen LogP contribution in [0.15, 0.2) is 0 Å². The molecule has 1 saturated heterocycles. The van der Waals surface area contributed by atoms with Crippen LogP contribution in [-0.4, -0.2) is 30.8 Å². The van der Waals surface area contributed by atoms with Gasteiger partial charge in [0.1, 0.15) is 0 Å². The van der Waals surface area contributed by atoms with E-state index in [9.17, 15) is 0 Å². The normalized spacial score (nSPS) is 30.3. The average Bonchev–Trinajstić information content (AvgIpc) is 2.72. The summed E-state index contributed by atoms with van der Waals surface area (Å²) in [5.74, 6) is 0.